The number of hydrogen-bond donors (Lipinski definition) is 1. The predicted octanol–water partition coefficient (Wildman–Crippen LogP) is 0.765. The molecule has 0 bridgehead atoms. The third kappa shape index (κ3) is 2.27. The molecule has 0 spiro atoms. The first kappa shape index (κ1) is 10.4. The standard InChI is InChI=1S/C11H17N3O/c1-14(11-3-5-15-8-11)10-2-4-13-9(6-10)7-12/h2,4,6,11H,3,5,7-8,12H2,1H3. The monoisotopic (exact) mass is 207 g/mol. The van der Waals surface area contributed by atoms with Gasteiger partial charge in [-0.2, -0.15) is 0 Å². The number of anilines is 1. The van der Waals surface area contributed by atoms with Crippen LogP contribution < -0.4 is 10.6 Å². The molecule has 4 heteroatoms. The van der Waals surface area contributed by atoms with E-state index >= 15 is 0 Å². The van der Waals surface area contributed by atoms with Gasteiger partial charge in [0.1, 0.15) is 0 Å². The molecule has 0 aromatic carbocycles. The van der Waals surface area contributed by atoms with Crippen molar-refractivity contribution in [1.82, 2.24) is 4.98 Å². The number of aromatic nitrogens is 1. The van der Waals surface area contributed by atoms with E-state index in [4.69, 9.17) is 10.5 Å². The van der Waals surface area contributed by atoms with Gasteiger partial charge in [0.2, 0.25) is 0 Å². The molecule has 1 fully saturated rings. The Labute approximate surface area is 90.0 Å². The second-order valence-corrected chi connectivity index (χ2v) is 3.84. The van der Waals surface area contributed by atoms with Crippen molar-refractivity contribution in [2.75, 3.05) is 25.2 Å². The van der Waals surface area contributed by atoms with Crippen molar-refractivity contribution >= 4 is 5.69 Å². The van der Waals surface area contributed by atoms with E-state index in [2.05, 4.69) is 16.9 Å². The lowest BCUT2D eigenvalue weighted by Crippen LogP contribution is -2.31. The van der Waals surface area contributed by atoms with Gasteiger partial charge in [-0.1, -0.05) is 0 Å². The van der Waals surface area contributed by atoms with Gasteiger partial charge >= 0.3 is 0 Å². The third-order valence-electron chi connectivity index (χ3n) is 2.87. The van der Waals surface area contributed by atoms with Gasteiger partial charge in [0.05, 0.1) is 18.3 Å². The summed E-state index contributed by atoms with van der Waals surface area (Å²) in [6, 6.07) is 4.54. The summed E-state index contributed by atoms with van der Waals surface area (Å²) in [4.78, 5) is 6.43. The topological polar surface area (TPSA) is 51.4 Å². The van der Waals surface area contributed by atoms with Crippen LogP contribution in [0, 0.1) is 0 Å². The van der Waals surface area contributed by atoms with E-state index in [0.29, 0.717) is 12.6 Å². The quantitative estimate of drug-likeness (QED) is 0.795. The van der Waals surface area contributed by atoms with Crippen molar-refractivity contribution in [3.63, 3.8) is 0 Å². The largest absolute Gasteiger partial charge is 0.379 e. The number of rotatable bonds is 3. The molecule has 0 saturated carbocycles. The zero-order valence-corrected chi connectivity index (χ0v) is 9.02. The van der Waals surface area contributed by atoms with Crippen LogP contribution in [-0.2, 0) is 11.3 Å². The van der Waals surface area contributed by atoms with Crippen LogP contribution in [0.15, 0.2) is 18.3 Å². The Morgan fingerprint density at radius 3 is 3.20 bits per heavy atom. The summed E-state index contributed by atoms with van der Waals surface area (Å²) in [6.45, 7) is 2.17. The molecule has 1 aromatic rings. The number of likely N-dealkylation sites (N-methyl/N-ethyl adjacent to an activating group) is 1. The van der Waals surface area contributed by atoms with Gasteiger partial charge in [-0.3, -0.25) is 4.98 Å². The van der Waals surface area contributed by atoms with Crippen molar-refractivity contribution in [3.05, 3.63) is 24.0 Å². The first-order valence-corrected chi connectivity index (χ1v) is 5.27. The second-order valence-electron chi connectivity index (χ2n) is 3.84. The minimum Gasteiger partial charge on any atom is -0.379 e. The van der Waals surface area contributed by atoms with Gasteiger partial charge in [-0.15, -0.1) is 0 Å². The van der Waals surface area contributed by atoms with Crippen molar-refractivity contribution < 1.29 is 4.74 Å². The lowest BCUT2D eigenvalue weighted by molar-refractivity contribution is 0.193. The Kier molecular flexibility index (Phi) is 3.18. The molecular weight excluding hydrogens is 190 g/mol. The van der Waals surface area contributed by atoms with Crippen LogP contribution in [0.3, 0.4) is 0 Å². The molecule has 4 nitrogen and oxygen atoms in total. The number of hydrogen-bond acceptors (Lipinski definition) is 4. The third-order valence-corrected chi connectivity index (χ3v) is 2.87. The lowest BCUT2D eigenvalue weighted by Gasteiger charge is -2.25. The SMILES string of the molecule is CN(c1ccnc(CN)c1)C1CCOC1. The molecule has 2 heterocycles. The number of nitrogens with two attached hydrogens (primary N) is 1. The van der Waals surface area contributed by atoms with E-state index < -0.39 is 0 Å². The molecule has 0 amide bonds. The molecule has 0 radical (unpaired) electrons. The van der Waals surface area contributed by atoms with E-state index in [1.54, 1.807) is 0 Å². The summed E-state index contributed by atoms with van der Waals surface area (Å²) in [5.41, 5.74) is 7.66. The molecule has 1 unspecified atom stereocenters. The second kappa shape index (κ2) is 4.59. The average molecular weight is 207 g/mol. The van der Waals surface area contributed by atoms with Gasteiger partial charge in [0.15, 0.2) is 0 Å². The van der Waals surface area contributed by atoms with Crippen LogP contribution in [0.5, 0.6) is 0 Å². The Morgan fingerprint density at radius 2 is 2.53 bits per heavy atom. The maximum absolute atomic E-state index is 5.57. The van der Waals surface area contributed by atoms with Gasteiger partial charge < -0.3 is 15.4 Å². The van der Waals surface area contributed by atoms with Crippen molar-refractivity contribution in [2.45, 2.75) is 19.0 Å². The molecule has 0 aliphatic carbocycles. The van der Waals surface area contributed by atoms with Crippen LogP contribution in [0.25, 0.3) is 0 Å². The van der Waals surface area contributed by atoms with Crippen molar-refractivity contribution in [3.8, 4) is 0 Å². The number of nitrogens with zero attached hydrogens (tertiary/aromatic N) is 2. The van der Waals surface area contributed by atoms with Crippen LogP contribution >= 0.6 is 0 Å². The Hall–Kier alpha value is -1.13. The number of ether oxygens (including phenoxy) is 1. The highest BCUT2D eigenvalue weighted by Crippen LogP contribution is 2.19. The van der Waals surface area contributed by atoms with E-state index in [-0.39, 0.29) is 0 Å². The summed E-state index contributed by atoms with van der Waals surface area (Å²) < 4.78 is 5.37. The molecule has 1 aliphatic rings. The van der Waals surface area contributed by atoms with Crippen LogP contribution in [0.4, 0.5) is 5.69 Å². The van der Waals surface area contributed by atoms with Crippen molar-refractivity contribution in [2.24, 2.45) is 5.73 Å². The minimum absolute atomic E-state index is 0.484. The molecule has 82 valence electrons. The highest BCUT2D eigenvalue weighted by molar-refractivity contribution is 5.46. The molecule has 1 atom stereocenters. The zero-order valence-electron chi connectivity index (χ0n) is 9.02. The Bertz CT molecular complexity index is 323. The highest BCUT2D eigenvalue weighted by Gasteiger charge is 2.20. The summed E-state index contributed by atoms with van der Waals surface area (Å²) in [5, 5.41) is 0. The van der Waals surface area contributed by atoms with Gasteiger partial charge in [0, 0.05) is 32.1 Å². The lowest BCUT2D eigenvalue weighted by atomic mass is 10.2. The van der Waals surface area contributed by atoms with E-state index in [0.717, 1.165) is 25.3 Å². The normalized spacial score (nSPS) is 20.5. The van der Waals surface area contributed by atoms with Crippen molar-refractivity contribution in [1.29, 1.82) is 0 Å². The maximum Gasteiger partial charge on any atom is 0.0670 e. The average Bonchev–Trinajstić information content (AvgIpc) is 2.81. The minimum atomic E-state index is 0.484. The first-order chi connectivity index (χ1) is 7.31. The van der Waals surface area contributed by atoms with Crippen LogP contribution in [-0.4, -0.2) is 31.3 Å². The molecule has 1 aromatic heterocycles. The fourth-order valence-corrected chi connectivity index (χ4v) is 1.83. The number of pyridine rings is 1. The maximum atomic E-state index is 5.57. The molecular formula is C11H17N3O. The molecule has 2 N–H and O–H groups in total. The molecule has 1 saturated heterocycles. The van der Waals surface area contributed by atoms with E-state index in [1.807, 2.05) is 18.3 Å². The highest BCUT2D eigenvalue weighted by atomic mass is 16.5. The fraction of sp³-hybridized carbons (Fsp3) is 0.545. The smallest absolute Gasteiger partial charge is 0.0670 e. The van der Waals surface area contributed by atoms with E-state index in [9.17, 15) is 0 Å². The Balaban J connectivity index is 2.13. The molecule has 1 aliphatic heterocycles. The first-order valence-electron chi connectivity index (χ1n) is 5.27. The molecule has 2 rings (SSSR count). The fourth-order valence-electron chi connectivity index (χ4n) is 1.83. The van der Waals surface area contributed by atoms with Gasteiger partial charge in [-0.25, -0.2) is 0 Å². The van der Waals surface area contributed by atoms with Crippen LogP contribution in [0.2, 0.25) is 0 Å². The Morgan fingerprint density at radius 1 is 1.67 bits per heavy atom. The van der Waals surface area contributed by atoms with Gasteiger partial charge in [0.25, 0.3) is 0 Å². The van der Waals surface area contributed by atoms with E-state index in [1.165, 1.54) is 5.69 Å². The van der Waals surface area contributed by atoms with Crippen LogP contribution in [0.1, 0.15) is 12.1 Å². The zero-order chi connectivity index (χ0) is 10.7. The summed E-state index contributed by atoms with van der Waals surface area (Å²) in [6.07, 6.45) is 2.90. The molecule has 15 heavy (non-hydrogen) atoms. The van der Waals surface area contributed by atoms with Gasteiger partial charge in [-0.05, 0) is 18.6 Å². The summed E-state index contributed by atoms with van der Waals surface area (Å²) in [7, 11) is 2.09. The summed E-state index contributed by atoms with van der Waals surface area (Å²) in [5.74, 6) is 0. The predicted molar refractivity (Wildman–Crippen MR) is 59.8 cm³/mol. The summed E-state index contributed by atoms with van der Waals surface area (Å²) >= 11 is 0.